The van der Waals surface area contributed by atoms with Gasteiger partial charge in [0.15, 0.2) is 12.8 Å². The number of hydrogen-bond acceptors (Lipinski definition) is 5. The Bertz CT molecular complexity index is 334. The predicted octanol–water partition coefficient (Wildman–Crippen LogP) is 2.50. The SMILES string of the molecule is CC(C)(C)OC(=O)[N+](C)(CC=O)C(=O)OC(C)(C)C. The number of carbonyl (C=O) groups is 3. The molecule has 0 aliphatic rings. The summed E-state index contributed by atoms with van der Waals surface area (Å²) in [5.41, 5.74) is -1.50. The fourth-order valence-electron chi connectivity index (χ4n) is 1.10. The van der Waals surface area contributed by atoms with Crippen molar-refractivity contribution in [1.82, 2.24) is 0 Å². The Labute approximate surface area is 114 Å². The van der Waals surface area contributed by atoms with E-state index in [1.807, 2.05) is 0 Å². The third-order valence-corrected chi connectivity index (χ3v) is 2.03. The van der Waals surface area contributed by atoms with E-state index in [0.29, 0.717) is 6.29 Å². The maximum atomic E-state index is 12.1. The molecule has 2 amide bonds. The lowest BCUT2D eigenvalue weighted by atomic mass is 10.2. The van der Waals surface area contributed by atoms with E-state index in [0.717, 1.165) is 0 Å². The van der Waals surface area contributed by atoms with Crippen LogP contribution in [0, 0.1) is 0 Å². The Balaban J connectivity index is 5.19. The van der Waals surface area contributed by atoms with Gasteiger partial charge >= 0.3 is 12.2 Å². The molecule has 0 fully saturated rings. The molecular formula is C13H24NO5+. The van der Waals surface area contributed by atoms with Crippen molar-refractivity contribution in [3.8, 4) is 0 Å². The van der Waals surface area contributed by atoms with Gasteiger partial charge < -0.3 is 9.47 Å². The Hall–Kier alpha value is -1.43. The zero-order valence-corrected chi connectivity index (χ0v) is 12.8. The molecule has 0 atom stereocenters. The summed E-state index contributed by atoms with van der Waals surface area (Å²) in [6.45, 7) is 9.78. The molecule has 0 unspecified atom stereocenters. The molecule has 19 heavy (non-hydrogen) atoms. The lowest BCUT2D eigenvalue weighted by Crippen LogP contribution is -2.58. The summed E-state index contributed by atoms with van der Waals surface area (Å²) in [7, 11) is 1.30. The number of nitrogens with zero attached hydrogens (tertiary/aromatic N) is 1. The van der Waals surface area contributed by atoms with Gasteiger partial charge in [-0.15, -0.1) is 4.48 Å². The van der Waals surface area contributed by atoms with Crippen LogP contribution in [0.2, 0.25) is 0 Å². The van der Waals surface area contributed by atoms with E-state index in [4.69, 9.17) is 9.47 Å². The highest BCUT2D eigenvalue weighted by Gasteiger charge is 2.47. The van der Waals surface area contributed by atoms with Crippen molar-refractivity contribution in [2.75, 3.05) is 13.6 Å². The molecule has 0 aliphatic carbocycles. The number of likely N-dealkylation sites (N-methyl/N-ethyl adjacent to an activating group) is 1. The van der Waals surface area contributed by atoms with Gasteiger partial charge in [0.25, 0.3) is 0 Å². The summed E-state index contributed by atoms with van der Waals surface area (Å²) in [5.74, 6) is 0. The molecule has 0 aliphatic heterocycles. The molecule has 0 saturated heterocycles. The molecule has 0 heterocycles. The van der Waals surface area contributed by atoms with Crippen LogP contribution < -0.4 is 0 Å². The number of hydrogen-bond donors (Lipinski definition) is 0. The van der Waals surface area contributed by atoms with Gasteiger partial charge in [-0.3, -0.25) is 4.79 Å². The highest BCUT2D eigenvalue weighted by molar-refractivity contribution is 5.78. The molecule has 110 valence electrons. The van der Waals surface area contributed by atoms with Gasteiger partial charge in [0.2, 0.25) is 0 Å². The normalized spacial score (nSPS) is 12.8. The number of ether oxygens (including phenoxy) is 2. The second kappa shape index (κ2) is 5.69. The summed E-state index contributed by atoms with van der Waals surface area (Å²) in [5, 5.41) is 0. The van der Waals surface area contributed by atoms with Crippen molar-refractivity contribution < 1.29 is 28.3 Å². The average Bonchev–Trinajstić information content (AvgIpc) is 2.12. The van der Waals surface area contributed by atoms with Crippen molar-refractivity contribution in [2.45, 2.75) is 52.7 Å². The monoisotopic (exact) mass is 274 g/mol. The standard InChI is InChI=1S/C13H24NO5/c1-12(2,3)18-10(16)14(7,8-9-15)11(17)19-13(4,5)6/h9H,8H2,1-7H3/q+1. The Kier molecular flexibility index (Phi) is 5.26. The largest absolute Gasteiger partial charge is 0.527 e. The summed E-state index contributed by atoms with van der Waals surface area (Å²) in [6, 6.07) is 0. The molecule has 6 heteroatoms. The minimum absolute atomic E-state index is 0.330. The van der Waals surface area contributed by atoms with Crippen molar-refractivity contribution in [3.63, 3.8) is 0 Å². The first-order valence-electron chi connectivity index (χ1n) is 6.08. The highest BCUT2D eigenvalue weighted by Crippen LogP contribution is 2.19. The van der Waals surface area contributed by atoms with Crippen molar-refractivity contribution in [2.24, 2.45) is 0 Å². The maximum absolute atomic E-state index is 12.1. The van der Waals surface area contributed by atoms with Crippen LogP contribution >= 0.6 is 0 Å². The van der Waals surface area contributed by atoms with Crippen LogP contribution in [-0.2, 0) is 14.3 Å². The zero-order valence-electron chi connectivity index (χ0n) is 12.8. The van der Waals surface area contributed by atoms with Gasteiger partial charge in [0.05, 0.1) is 7.05 Å². The van der Waals surface area contributed by atoms with Crippen LogP contribution in [0.15, 0.2) is 0 Å². The summed E-state index contributed by atoms with van der Waals surface area (Å²) in [4.78, 5) is 34.9. The molecule has 0 radical (unpaired) electrons. The number of amides is 2. The lowest BCUT2D eigenvalue weighted by Gasteiger charge is -2.30. The smallest absolute Gasteiger partial charge is 0.414 e. The Morgan fingerprint density at radius 3 is 1.47 bits per heavy atom. The Morgan fingerprint density at radius 2 is 1.26 bits per heavy atom. The fourth-order valence-corrected chi connectivity index (χ4v) is 1.10. The molecule has 0 N–H and O–H groups in total. The number of imide groups is 1. The maximum Gasteiger partial charge on any atom is 0.527 e. The number of quaternary nitrogens is 1. The second-order valence-corrected chi connectivity index (χ2v) is 6.50. The summed E-state index contributed by atoms with van der Waals surface area (Å²) >= 11 is 0. The molecule has 0 aromatic rings. The van der Waals surface area contributed by atoms with E-state index >= 15 is 0 Å². The minimum Gasteiger partial charge on any atom is -0.414 e. The van der Waals surface area contributed by atoms with E-state index in [1.165, 1.54) is 7.05 Å². The van der Waals surface area contributed by atoms with Gasteiger partial charge in [0, 0.05) is 0 Å². The fraction of sp³-hybridized carbons (Fsp3) is 0.769. The number of carbonyl (C=O) groups excluding carboxylic acids is 3. The first-order chi connectivity index (χ1) is 8.32. The molecule has 0 rings (SSSR count). The number of rotatable bonds is 2. The van der Waals surface area contributed by atoms with Crippen LogP contribution in [0.3, 0.4) is 0 Å². The Morgan fingerprint density at radius 1 is 0.947 bits per heavy atom. The van der Waals surface area contributed by atoms with Crippen LogP contribution in [0.1, 0.15) is 41.5 Å². The van der Waals surface area contributed by atoms with E-state index in [2.05, 4.69) is 0 Å². The van der Waals surface area contributed by atoms with Gasteiger partial charge in [-0.05, 0) is 41.5 Å². The van der Waals surface area contributed by atoms with E-state index in [-0.39, 0.29) is 6.54 Å². The zero-order chi connectivity index (χ0) is 15.5. The second-order valence-electron chi connectivity index (χ2n) is 6.50. The molecule has 0 bridgehead atoms. The summed E-state index contributed by atoms with van der Waals surface area (Å²) in [6.07, 6.45) is -1.13. The predicted molar refractivity (Wildman–Crippen MR) is 69.6 cm³/mol. The molecule has 0 spiro atoms. The van der Waals surface area contributed by atoms with Crippen LogP contribution in [0.5, 0.6) is 0 Å². The van der Waals surface area contributed by atoms with Gasteiger partial charge in [-0.2, -0.15) is 9.59 Å². The molecule has 0 saturated carbocycles. The molecular weight excluding hydrogens is 250 g/mol. The first kappa shape index (κ1) is 17.6. The minimum atomic E-state index is -0.863. The van der Waals surface area contributed by atoms with Crippen LogP contribution in [-0.4, -0.2) is 47.8 Å². The van der Waals surface area contributed by atoms with Crippen LogP contribution in [0.25, 0.3) is 0 Å². The average molecular weight is 274 g/mol. The van der Waals surface area contributed by atoms with E-state index < -0.39 is 27.9 Å². The van der Waals surface area contributed by atoms with Crippen molar-refractivity contribution in [1.29, 1.82) is 0 Å². The third kappa shape index (κ3) is 5.83. The third-order valence-electron chi connectivity index (χ3n) is 2.03. The topological polar surface area (TPSA) is 69.7 Å². The quantitative estimate of drug-likeness (QED) is 0.571. The molecule has 0 aromatic carbocycles. The summed E-state index contributed by atoms with van der Waals surface area (Å²) < 4.78 is 9.47. The number of aldehydes is 1. The van der Waals surface area contributed by atoms with Gasteiger partial charge in [0.1, 0.15) is 11.2 Å². The van der Waals surface area contributed by atoms with Crippen LogP contribution in [0.4, 0.5) is 9.59 Å². The van der Waals surface area contributed by atoms with E-state index in [1.54, 1.807) is 41.5 Å². The highest BCUT2D eigenvalue weighted by atomic mass is 16.6. The van der Waals surface area contributed by atoms with Crippen molar-refractivity contribution >= 4 is 18.5 Å². The van der Waals surface area contributed by atoms with Gasteiger partial charge in [-0.25, -0.2) is 0 Å². The molecule has 0 aromatic heterocycles. The first-order valence-corrected chi connectivity index (χ1v) is 6.08. The van der Waals surface area contributed by atoms with Crippen molar-refractivity contribution in [3.05, 3.63) is 0 Å². The molecule has 6 nitrogen and oxygen atoms in total. The van der Waals surface area contributed by atoms with Gasteiger partial charge in [-0.1, -0.05) is 0 Å². The van der Waals surface area contributed by atoms with E-state index in [9.17, 15) is 14.4 Å². The lowest BCUT2D eigenvalue weighted by molar-refractivity contribution is -0.756.